The van der Waals surface area contributed by atoms with Crippen LogP contribution in [0.5, 0.6) is 0 Å². The van der Waals surface area contributed by atoms with Crippen molar-refractivity contribution in [3.8, 4) is 0 Å². The second-order valence-corrected chi connectivity index (χ2v) is 4.04. The molecule has 0 atom stereocenters. The molecule has 1 aromatic heterocycles. The Morgan fingerprint density at radius 2 is 2.14 bits per heavy atom. The fraction of sp³-hybridized carbons (Fsp3) is 0.0833. The molecule has 0 radical (unpaired) electrons. The molecule has 0 aliphatic heterocycles. The topological polar surface area (TPSA) is 102 Å². The van der Waals surface area contributed by atoms with Crippen molar-refractivity contribution in [2.75, 3.05) is 0 Å². The molecular weight excluding hydrogens is 281 g/mol. The summed E-state index contributed by atoms with van der Waals surface area (Å²) >= 11 is 0. The fourth-order valence-electron chi connectivity index (χ4n) is 1.54. The summed E-state index contributed by atoms with van der Waals surface area (Å²) in [6.45, 7) is 0. The zero-order valence-corrected chi connectivity index (χ0v) is 10.9. The van der Waals surface area contributed by atoms with E-state index >= 15 is 0 Å². The minimum Gasteiger partial charge on any atom is -0.268 e. The minimum atomic E-state index is -0.805. The average Bonchev–Trinajstić information content (AvgIpc) is 2.83. The van der Waals surface area contributed by atoms with Crippen LogP contribution < -0.4 is 5.43 Å². The van der Waals surface area contributed by atoms with Crippen LogP contribution in [0.2, 0.25) is 0 Å². The Morgan fingerprint density at radius 1 is 1.48 bits per heavy atom. The smallest absolute Gasteiger partial charge is 0.268 e. The monoisotopic (exact) mass is 291 g/mol. The molecule has 0 spiro atoms. The van der Waals surface area contributed by atoms with Gasteiger partial charge in [0.15, 0.2) is 0 Å². The van der Waals surface area contributed by atoms with Gasteiger partial charge in [0.1, 0.15) is 12.0 Å². The van der Waals surface area contributed by atoms with Crippen molar-refractivity contribution in [3.05, 3.63) is 57.7 Å². The van der Waals surface area contributed by atoms with Gasteiger partial charge >= 0.3 is 5.69 Å². The standard InChI is InChI=1S/C12H10FN5O3/c1-17-7-10(18(20)21)11(16-17)12(19)15-14-6-8-2-4-9(13)5-3-8/h2-7H,1H3,(H,15,19)/b14-6-. The van der Waals surface area contributed by atoms with E-state index in [2.05, 4.69) is 15.6 Å². The number of hydrogen-bond acceptors (Lipinski definition) is 5. The van der Waals surface area contributed by atoms with Gasteiger partial charge < -0.3 is 0 Å². The zero-order valence-electron chi connectivity index (χ0n) is 10.9. The van der Waals surface area contributed by atoms with Gasteiger partial charge in [-0.25, -0.2) is 9.82 Å². The molecule has 108 valence electrons. The second kappa shape index (κ2) is 5.90. The first kappa shape index (κ1) is 14.3. The predicted octanol–water partition coefficient (Wildman–Crippen LogP) is 1.23. The first-order valence-corrected chi connectivity index (χ1v) is 5.74. The molecule has 2 aromatic rings. The van der Waals surface area contributed by atoms with E-state index in [0.29, 0.717) is 5.56 Å². The number of nitrogens with one attached hydrogen (secondary N) is 1. The largest absolute Gasteiger partial charge is 0.320 e. The maximum absolute atomic E-state index is 12.7. The van der Waals surface area contributed by atoms with E-state index in [9.17, 15) is 19.3 Å². The molecule has 9 heteroatoms. The van der Waals surface area contributed by atoms with Crippen LogP contribution in [0, 0.1) is 15.9 Å². The highest BCUT2D eigenvalue weighted by atomic mass is 19.1. The molecule has 0 aliphatic rings. The van der Waals surface area contributed by atoms with Crippen LogP contribution in [-0.2, 0) is 7.05 Å². The molecule has 0 unspecified atom stereocenters. The molecule has 0 saturated heterocycles. The number of hydrogen-bond donors (Lipinski definition) is 1. The summed E-state index contributed by atoms with van der Waals surface area (Å²) in [7, 11) is 1.46. The number of carbonyl (C=O) groups is 1. The van der Waals surface area contributed by atoms with Crippen LogP contribution in [-0.4, -0.2) is 26.8 Å². The van der Waals surface area contributed by atoms with E-state index < -0.39 is 16.5 Å². The predicted molar refractivity (Wildman–Crippen MR) is 71.3 cm³/mol. The highest BCUT2D eigenvalue weighted by molar-refractivity contribution is 5.96. The van der Waals surface area contributed by atoms with Gasteiger partial charge in [0.05, 0.1) is 11.1 Å². The normalized spacial score (nSPS) is 10.8. The highest BCUT2D eigenvalue weighted by Crippen LogP contribution is 2.15. The van der Waals surface area contributed by atoms with Gasteiger partial charge in [-0.05, 0) is 17.7 Å². The van der Waals surface area contributed by atoms with Crippen LogP contribution in [0.4, 0.5) is 10.1 Å². The lowest BCUT2D eigenvalue weighted by Gasteiger charge is -1.96. The molecule has 0 aliphatic carbocycles. The number of aryl methyl sites for hydroxylation is 1. The van der Waals surface area contributed by atoms with E-state index in [0.717, 1.165) is 10.9 Å². The minimum absolute atomic E-state index is 0.334. The summed E-state index contributed by atoms with van der Waals surface area (Å²) < 4.78 is 13.9. The Hall–Kier alpha value is -3.10. The van der Waals surface area contributed by atoms with Crippen LogP contribution >= 0.6 is 0 Å². The molecule has 1 amide bonds. The SMILES string of the molecule is Cn1cc([N+](=O)[O-])c(C(=O)N/N=C\c2ccc(F)cc2)n1. The van der Waals surface area contributed by atoms with Crippen LogP contribution in [0.25, 0.3) is 0 Å². The van der Waals surface area contributed by atoms with Gasteiger partial charge in [-0.15, -0.1) is 0 Å². The van der Waals surface area contributed by atoms with E-state index in [1.807, 2.05) is 0 Å². The molecule has 2 rings (SSSR count). The lowest BCUT2D eigenvalue weighted by molar-refractivity contribution is -0.385. The number of rotatable bonds is 4. The maximum atomic E-state index is 12.7. The summed E-state index contributed by atoms with van der Waals surface area (Å²) in [5.41, 5.74) is 1.94. The Kier molecular flexibility index (Phi) is 4.02. The summed E-state index contributed by atoms with van der Waals surface area (Å²) in [6, 6.07) is 5.42. The van der Waals surface area contributed by atoms with Gasteiger partial charge in [0.2, 0.25) is 5.69 Å². The van der Waals surface area contributed by atoms with E-state index in [4.69, 9.17) is 0 Å². The van der Waals surface area contributed by atoms with Crippen molar-refractivity contribution in [1.29, 1.82) is 0 Å². The Labute approximate surface area is 118 Å². The molecule has 0 saturated carbocycles. The summed E-state index contributed by atoms with van der Waals surface area (Å²) in [4.78, 5) is 21.8. The van der Waals surface area contributed by atoms with Gasteiger partial charge in [-0.1, -0.05) is 12.1 Å². The third-order valence-electron chi connectivity index (χ3n) is 2.47. The molecule has 1 aromatic carbocycles. The lowest BCUT2D eigenvalue weighted by atomic mass is 10.2. The zero-order chi connectivity index (χ0) is 15.4. The van der Waals surface area contributed by atoms with Crippen molar-refractivity contribution in [1.82, 2.24) is 15.2 Å². The first-order chi connectivity index (χ1) is 9.97. The molecule has 0 bridgehead atoms. The van der Waals surface area contributed by atoms with Gasteiger partial charge in [-0.2, -0.15) is 10.2 Å². The molecular formula is C12H10FN5O3. The number of carbonyl (C=O) groups excluding carboxylic acids is 1. The first-order valence-electron chi connectivity index (χ1n) is 5.74. The summed E-state index contributed by atoms with van der Waals surface area (Å²) in [6.07, 6.45) is 2.41. The van der Waals surface area contributed by atoms with E-state index in [1.54, 1.807) is 0 Å². The third kappa shape index (κ3) is 3.47. The van der Waals surface area contributed by atoms with Gasteiger partial charge in [0.25, 0.3) is 5.91 Å². The van der Waals surface area contributed by atoms with Crippen molar-refractivity contribution in [2.45, 2.75) is 0 Å². The second-order valence-electron chi connectivity index (χ2n) is 4.04. The van der Waals surface area contributed by atoms with Crippen LogP contribution in [0.1, 0.15) is 16.1 Å². The molecule has 8 nitrogen and oxygen atoms in total. The van der Waals surface area contributed by atoms with Gasteiger partial charge in [0, 0.05) is 7.05 Å². The number of aromatic nitrogens is 2. The number of nitrogens with zero attached hydrogens (tertiary/aromatic N) is 4. The Balaban J connectivity index is 2.08. The average molecular weight is 291 g/mol. The van der Waals surface area contributed by atoms with E-state index in [1.165, 1.54) is 37.5 Å². The summed E-state index contributed by atoms with van der Waals surface area (Å²) in [5, 5.41) is 18.1. The number of nitro groups is 1. The van der Waals surface area contributed by atoms with E-state index in [-0.39, 0.29) is 11.5 Å². The Bertz CT molecular complexity index is 708. The number of halogens is 1. The third-order valence-corrected chi connectivity index (χ3v) is 2.47. The van der Waals surface area contributed by atoms with Gasteiger partial charge in [-0.3, -0.25) is 19.6 Å². The van der Waals surface area contributed by atoms with Crippen LogP contribution in [0.3, 0.4) is 0 Å². The fourth-order valence-corrected chi connectivity index (χ4v) is 1.54. The highest BCUT2D eigenvalue weighted by Gasteiger charge is 2.24. The Morgan fingerprint density at radius 3 is 2.76 bits per heavy atom. The molecule has 21 heavy (non-hydrogen) atoms. The summed E-state index contributed by atoms with van der Waals surface area (Å²) in [5.74, 6) is -1.19. The number of amides is 1. The molecule has 1 heterocycles. The van der Waals surface area contributed by atoms with Crippen molar-refractivity contribution >= 4 is 17.8 Å². The van der Waals surface area contributed by atoms with Crippen molar-refractivity contribution in [2.24, 2.45) is 12.1 Å². The lowest BCUT2D eigenvalue weighted by Crippen LogP contribution is -2.19. The van der Waals surface area contributed by atoms with Crippen molar-refractivity contribution in [3.63, 3.8) is 0 Å². The number of benzene rings is 1. The maximum Gasteiger partial charge on any atom is 0.320 e. The number of hydrazone groups is 1. The molecule has 0 fully saturated rings. The quantitative estimate of drug-likeness (QED) is 0.520. The molecule has 1 N–H and O–H groups in total. The van der Waals surface area contributed by atoms with Crippen molar-refractivity contribution < 1.29 is 14.1 Å². The van der Waals surface area contributed by atoms with Crippen LogP contribution in [0.15, 0.2) is 35.6 Å².